The Hall–Kier alpha value is -1.63. The van der Waals surface area contributed by atoms with Gasteiger partial charge < -0.3 is 0 Å². The number of fused-ring (bicyclic) bond motifs is 2. The lowest BCUT2D eigenvalue weighted by atomic mass is 10.1. The highest BCUT2D eigenvalue weighted by molar-refractivity contribution is 7.92. The van der Waals surface area contributed by atoms with E-state index in [1.807, 2.05) is 35.2 Å². The van der Waals surface area contributed by atoms with Crippen molar-refractivity contribution < 1.29 is 4.21 Å². The third-order valence-electron chi connectivity index (χ3n) is 3.57. The van der Waals surface area contributed by atoms with Crippen LogP contribution in [-0.2, 0) is 10.8 Å². The smallest absolute Gasteiger partial charge is 0.182 e. The van der Waals surface area contributed by atoms with Crippen molar-refractivity contribution in [3.05, 3.63) is 56.9 Å². The summed E-state index contributed by atoms with van der Waals surface area (Å²) in [7, 11) is -1.20. The molecule has 0 fully saturated rings. The molecule has 0 spiro atoms. The molecular weight excluding hydrogens is 343 g/mol. The number of hydrogen-bond acceptors (Lipinski definition) is 5. The zero-order valence-corrected chi connectivity index (χ0v) is 13.6. The number of amidine groups is 1. The summed E-state index contributed by atoms with van der Waals surface area (Å²) in [6, 6.07) is 7.46. The third-order valence-corrected chi connectivity index (χ3v) is 5.33. The van der Waals surface area contributed by atoms with Gasteiger partial charge in [0.15, 0.2) is 5.84 Å². The largest absolute Gasteiger partial charge is 0.293 e. The van der Waals surface area contributed by atoms with Crippen molar-refractivity contribution in [3.63, 3.8) is 0 Å². The molecule has 3 aliphatic rings. The van der Waals surface area contributed by atoms with E-state index in [1.54, 1.807) is 5.41 Å². The van der Waals surface area contributed by atoms with E-state index in [-0.39, 0.29) is 0 Å². The van der Waals surface area contributed by atoms with Crippen LogP contribution in [0.1, 0.15) is 5.56 Å². The maximum atomic E-state index is 12.3. The lowest BCUT2D eigenvalue weighted by molar-refractivity contribution is 0.408. The summed E-state index contributed by atoms with van der Waals surface area (Å²) in [6.45, 7) is 0.766. The Morgan fingerprint density at radius 2 is 2.09 bits per heavy atom. The number of hydrogen-bond donors (Lipinski definition) is 0. The number of rotatable bonds is 1. The quantitative estimate of drug-likeness (QED) is 0.730. The highest BCUT2D eigenvalue weighted by atomic mass is 35.5. The summed E-state index contributed by atoms with van der Waals surface area (Å²) in [5, 5.41) is 7.28. The van der Waals surface area contributed by atoms with Gasteiger partial charge in [-0.3, -0.25) is 9.89 Å². The van der Waals surface area contributed by atoms with E-state index in [1.165, 1.54) is 4.53 Å². The van der Waals surface area contributed by atoms with Crippen LogP contribution in [0.15, 0.2) is 56.4 Å². The zero-order chi connectivity index (χ0) is 15.3. The van der Waals surface area contributed by atoms with Crippen molar-refractivity contribution in [2.24, 2.45) is 10.1 Å². The van der Waals surface area contributed by atoms with E-state index >= 15 is 0 Å². The van der Waals surface area contributed by atoms with Crippen LogP contribution in [-0.4, -0.2) is 38.4 Å². The average molecular weight is 353 g/mol. The Labute approximate surface area is 139 Å². The molecule has 0 bridgehead atoms. The molecule has 3 aliphatic heterocycles. The molecular formula is C14H10Cl2N4OS. The fourth-order valence-electron chi connectivity index (χ4n) is 2.61. The van der Waals surface area contributed by atoms with E-state index in [2.05, 4.69) is 10.1 Å². The van der Waals surface area contributed by atoms with Crippen molar-refractivity contribution in [2.75, 3.05) is 13.2 Å². The molecule has 3 heterocycles. The standard InChI is InChI=1S/C14H10Cl2N4OS/c15-11-4-2-1-3-10(11)12-13-18-20(16)8-19(13)14-9(7-17-12)5-6-22(14)21/h1-6H,7-8H2. The normalized spacial score (nSPS) is 23.3. The number of benzene rings is 1. The molecule has 0 aromatic heterocycles. The highest BCUT2D eigenvalue weighted by Gasteiger charge is 2.36. The Kier molecular flexibility index (Phi) is 3.32. The van der Waals surface area contributed by atoms with E-state index in [4.69, 9.17) is 23.4 Å². The molecule has 1 atom stereocenters. The molecule has 0 N–H and O–H groups in total. The van der Waals surface area contributed by atoms with Gasteiger partial charge in [0.25, 0.3) is 0 Å². The first-order chi connectivity index (χ1) is 10.6. The fourth-order valence-corrected chi connectivity index (χ4v) is 4.19. The van der Waals surface area contributed by atoms with E-state index in [9.17, 15) is 4.21 Å². The SMILES string of the molecule is O=S1C=CC2=C1N1CN(Cl)N=C1C(c1ccccc1Cl)=NC2. The molecule has 0 saturated carbocycles. The van der Waals surface area contributed by atoms with Crippen LogP contribution >= 0.6 is 23.4 Å². The van der Waals surface area contributed by atoms with Gasteiger partial charge in [0, 0.05) is 28.3 Å². The second kappa shape index (κ2) is 5.22. The van der Waals surface area contributed by atoms with Gasteiger partial charge in [0.2, 0.25) is 0 Å². The van der Waals surface area contributed by atoms with Crippen molar-refractivity contribution in [3.8, 4) is 0 Å². The van der Waals surface area contributed by atoms with Crippen LogP contribution in [0.3, 0.4) is 0 Å². The van der Waals surface area contributed by atoms with E-state index < -0.39 is 10.8 Å². The first kappa shape index (κ1) is 14.0. The summed E-state index contributed by atoms with van der Waals surface area (Å²) in [5.74, 6) is 0.574. The minimum atomic E-state index is -1.20. The first-order valence-corrected chi connectivity index (χ1v) is 8.49. The molecule has 8 heteroatoms. The Morgan fingerprint density at radius 3 is 2.91 bits per heavy atom. The van der Waals surface area contributed by atoms with E-state index in [0.717, 1.165) is 11.1 Å². The maximum Gasteiger partial charge on any atom is 0.182 e. The van der Waals surface area contributed by atoms with Crippen LogP contribution in [0.2, 0.25) is 5.02 Å². The summed E-state index contributed by atoms with van der Waals surface area (Å²) in [5.41, 5.74) is 2.37. The molecule has 1 aromatic carbocycles. The molecule has 1 unspecified atom stereocenters. The van der Waals surface area contributed by atoms with Crippen molar-refractivity contribution in [1.29, 1.82) is 0 Å². The minimum absolute atomic E-state index is 0.326. The second-order valence-electron chi connectivity index (χ2n) is 4.90. The van der Waals surface area contributed by atoms with Gasteiger partial charge in [0.1, 0.15) is 17.4 Å². The Balaban J connectivity index is 1.87. The van der Waals surface area contributed by atoms with Gasteiger partial charge in [-0.05, 0) is 12.1 Å². The molecule has 0 amide bonds. The van der Waals surface area contributed by atoms with Crippen LogP contribution in [0.25, 0.3) is 0 Å². The average Bonchev–Trinajstić information content (AvgIpc) is 3.00. The van der Waals surface area contributed by atoms with E-state index in [0.29, 0.717) is 34.8 Å². The fraction of sp³-hybridized carbons (Fsp3) is 0.143. The molecule has 5 nitrogen and oxygen atoms in total. The van der Waals surface area contributed by atoms with Crippen LogP contribution in [0.5, 0.6) is 0 Å². The predicted octanol–water partition coefficient (Wildman–Crippen LogP) is 2.67. The number of halogens is 2. The first-order valence-electron chi connectivity index (χ1n) is 6.56. The molecule has 112 valence electrons. The van der Waals surface area contributed by atoms with Crippen LogP contribution in [0, 0.1) is 0 Å². The molecule has 0 saturated heterocycles. The molecule has 0 aliphatic carbocycles. The molecule has 0 radical (unpaired) electrons. The molecule has 1 aromatic rings. The Morgan fingerprint density at radius 1 is 1.27 bits per heavy atom. The number of nitrogens with zero attached hydrogens (tertiary/aromatic N) is 4. The van der Waals surface area contributed by atoms with Gasteiger partial charge in [-0.25, -0.2) is 4.21 Å². The maximum absolute atomic E-state index is 12.3. The second-order valence-corrected chi connectivity index (χ2v) is 6.96. The summed E-state index contributed by atoms with van der Waals surface area (Å²) in [4.78, 5) is 6.48. The lowest BCUT2D eigenvalue weighted by Gasteiger charge is -2.20. The van der Waals surface area contributed by atoms with Crippen molar-refractivity contribution in [1.82, 2.24) is 9.43 Å². The van der Waals surface area contributed by atoms with Crippen LogP contribution < -0.4 is 0 Å². The zero-order valence-electron chi connectivity index (χ0n) is 11.2. The van der Waals surface area contributed by atoms with Gasteiger partial charge >= 0.3 is 0 Å². The lowest BCUT2D eigenvalue weighted by Crippen LogP contribution is -2.34. The van der Waals surface area contributed by atoms with Gasteiger partial charge in [-0.1, -0.05) is 29.8 Å². The van der Waals surface area contributed by atoms with Gasteiger partial charge in [-0.15, -0.1) is 5.10 Å². The number of hydrazone groups is 1. The highest BCUT2D eigenvalue weighted by Crippen LogP contribution is 2.32. The predicted molar refractivity (Wildman–Crippen MR) is 89.0 cm³/mol. The third kappa shape index (κ3) is 2.10. The van der Waals surface area contributed by atoms with Gasteiger partial charge in [-0.2, -0.15) is 4.53 Å². The molecule has 4 rings (SSSR count). The Bertz CT molecular complexity index is 815. The van der Waals surface area contributed by atoms with Crippen molar-refractivity contribution >= 4 is 45.7 Å². The van der Waals surface area contributed by atoms with Crippen molar-refractivity contribution in [2.45, 2.75) is 0 Å². The number of aliphatic imine (C=N–C) groups is 1. The minimum Gasteiger partial charge on any atom is -0.293 e. The monoisotopic (exact) mass is 352 g/mol. The van der Waals surface area contributed by atoms with Gasteiger partial charge in [0.05, 0.1) is 22.4 Å². The summed E-state index contributed by atoms with van der Waals surface area (Å²) < 4.78 is 13.5. The topological polar surface area (TPSA) is 48.3 Å². The summed E-state index contributed by atoms with van der Waals surface area (Å²) >= 11 is 12.3. The molecule has 22 heavy (non-hydrogen) atoms. The van der Waals surface area contributed by atoms with Crippen LogP contribution in [0.4, 0.5) is 0 Å². The summed E-state index contributed by atoms with van der Waals surface area (Å²) in [6.07, 6.45) is 1.85.